The monoisotopic (exact) mass is 1020 g/mol. The molecule has 1 unspecified atom stereocenters. The van der Waals surface area contributed by atoms with Gasteiger partial charge in [0.25, 0.3) is 0 Å². The molecule has 0 radical (unpaired) electrons. The highest BCUT2D eigenvalue weighted by Crippen LogP contribution is 2.12. The molecule has 0 aromatic carbocycles. The number of unbranched alkanes of at least 4 members (excludes halogenated alkanes) is 11. The summed E-state index contributed by atoms with van der Waals surface area (Å²) in [5.74, 6) is -1.04. The van der Waals surface area contributed by atoms with Gasteiger partial charge in [-0.25, -0.2) is 0 Å². The first-order valence-corrected chi connectivity index (χ1v) is 29.1. The van der Waals surface area contributed by atoms with Gasteiger partial charge in [0, 0.05) is 19.3 Å². The van der Waals surface area contributed by atoms with E-state index in [0.29, 0.717) is 19.3 Å². The van der Waals surface area contributed by atoms with Crippen molar-refractivity contribution in [3.8, 4) is 0 Å². The van der Waals surface area contributed by atoms with E-state index in [2.05, 4.69) is 191 Å². The molecule has 0 rings (SSSR count). The van der Waals surface area contributed by atoms with Crippen LogP contribution in [0.4, 0.5) is 0 Å². The molecule has 0 fully saturated rings. The van der Waals surface area contributed by atoms with Crippen LogP contribution in [0.2, 0.25) is 0 Å². The number of hydrogen-bond donors (Lipinski definition) is 0. The van der Waals surface area contributed by atoms with Crippen molar-refractivity contribution in [1.29, 1.82) is 0 Å². The van der Waals surface area contributed by atoms with Crippen LogP contribution in [-0.2, 0) is 28.6 Å². The molecule has 0 bridgehead atoms. The number of rotatable bonds is 50. The molecule has 74 heavy (non-hydrogen) atoms. The first-order valence-electron chi connectivity index (χ1n) is 29.1. The minimum Gasteiger partial charge on any atom is -0.462 e. The number of ether oxygens (including phenoxy) is 3. The molecule has 1 atom stereocenters. The Kier molecular flexibility index (Phi) is 56.1. The molecule has 6 nitrogen and oxygen atoms in total. The average molecular weight is 1020 g/mol. The van der Waals surface area contributed by atoms with E-state index < -0.39 is 6.10 Å². The molecule has 0 aliphatic heterocycles. The second kappa shape index (κ2) is 60.3. The normalized spacial score (nSPS) is 13.4. The molecule has 0 heterocycles. The number of allylic oxidation sites excluding steroid dienone is 28. The maximum Gasteiger partial charge on any atom is 0.306 e. The Labute approximate surface area is 453 Å². The van der Waals surface area contributed by atoms with E-state index in [4.69, 9.17) is 14.2 Å². The SMILES string of the molecule is CC/C=C\C/C=C\C/C=C\C/C=C\C/C=C\C/C=C\C/C=C\CCCCCC(=O)OCC(COC(=O)CCCCCCC/C=C\C/C=C\CCCC)OC(=O)CCC/C=C\C/C=C\C/C=C\C/C=C\C/C=C\CC. The van der Waals surface area contributed by atoms with E-state index >= 15 is 0 Å². The van der Waals surface area contributed by atoms with Gasteiger partial charge in [-0.05, 0) is 141 Å². The molecule has 6 heteroatoms. The van der Waals surface area contributed by atoms with Crippen LogP contribution in [0.25, 0.3) is 0 Å². The second-order valence-electron chi connectivity index (χ2n) is 18.4. The fourth-order valence-electron chi connectivity index (χ4n) is 7.12. The van der Waals surface area contributed by atoms with Gasteiger partial charge in [-0.2, -0.15) is 0 Å². The van der Waals surface area contributed by atoms with Crippen molar-refractivity contribution < 1.29 is 28.6 Å². The third-order valence-electron chi connectivity index (χ3n) is 11.4. The molecule has 0 aliphatic rings. The zero-order valence-corrected chi connectivity index (χ0v) is 47.0. The number of carbonyl (C=O) groups is 3. The minimum atomic E-state index is -0.838. The number of carbonyl (C=O) groups excluding carboxylic acids is 3. The fourth-order valence-corrected chi connectivity index (χ4v) is 7.12. The van der Waals surface area contributed by atoms with E-state index in [0.717, 1.165) is 154 Å². The van der Waals surface area contributed by atoms with Gasteiger partial charge in [-0.1, -0.05) is 229 Å². The zero-order chi connectivity index (χ0) is 53.6. The van der Waals surface area contributed by atoms with E-state index in [-0.39, 0.29) is 37.5 Å². The molecule has 0 saturated heterocycles. The minimum absolute atomic E-state index is 0.127. The van der Waals surface area contributed by atoms with Crippen LogP contribution >= 0.6 is 0 Å². The summed E-state index contributed by atoms with van der Waals surface area (Å²) < 4.78 is 16.8. The average Bonchev–Trinajstić information content (AvgIpc) is 3.40. The van der Waals surface area contributed by atoms with Crippen LogP contribution in [0.1, 0.15) is 220 Å². The first-order chi connectivity index (χ1) is 36.5. The second-order valence-corrected chi connectivity index (χ2v) is 18.4. The Morgan fingerprint density at radius 1 is 0.284 bits per heavy atom. The van der Waals surface area contributed by atoms with Gasteiger partial charge >= 0.3 is 17.9 Å². The summed E-state index contributed by atoms with van der Waals surface area (Å²) in [6.45, 7) is 6.26. The molecule has 0 saturated carbocycles. The molecule has 0 aromatic rings. The lowest BCUT2D eigenvalue weighted by Crippen LogP contribution is -2.30. The van der Waals surface area contributed by atoms with Gasteiger partial charge in [0.1, 0.15) is 13.2 Å². The highest BCUT2D eigenvalue weighted by molar-refractivity contribution is 5.71. The van der Waals surface area contributed by atoms with Gasteiger partial charge in [-0.3, -0.25) is 14.4 Å². The summed E-state index contributed by atoms with van der Waals surface area (Å²) >= 11 is 0. The van der Waals surface area contributed by atoms with Crippen molar-refractivity contribution >= 4 is 17.9 Å². The molecule has 0 aromatic heterocycles. The van der Waals surface area contributed by atoms with Crippen LogP contribution in [0.3, 0.4) is 0 Å². The largest absolute Gasteiger partial charge is 0.462 e. The van der Waals surface area contributed by atoms with Crippen LogP contribution < -0.4 is 0 Å². The topological polar surface area (TPSA) is 78.9 Å². The van der Waals surface area contributed by atoms with Gasteiger partial charge in [-0.15, -0.1) is 0 Å². The predicted molar refractivity (Wildman–Crippen MR) is 320 cm³/mol. The summed E-state index contributed by atoms with van der Waals surface area (Å²) in [7, 11) is 0. The van der Waals surface area contributed by atoms with E-state index in [1.165, 1.54) is 19.3 Å². The van der Waals surface area contributed by atoms with E-state index in [1.807, 2.05) is 0 Å². The zero-order valence-electron chi connectivity index (χ0n) is 47.0. The number of esters is 3. The fraction of sp³-hybridized carbons (Fsp3) is 0.544. The Morgan fingerprint density at radius 2 is 0.541 bits per heavy atom. The summed E-state index contributed by atoms with van der Waals surface area (Å²) in [6.07, 6.45) is 89.2. The number of hydrogen-bond acceptors (Lipinski definition) is 6. The van der Waals surface area contributed by atoms with Crippen molar-refractivity contribution in [2.75, 3.05) is 13.2 Å². The first kappa shape index (κ1) is 68.8. The maximum absolute atomic E-state index is 12.8. The highest BCUT2D eigenvalue weighted by atomic mass is 16.6. The Balaban J connectivity index is 4.56. The van der Waals surface area contributed by atoms with Crippen molar-refractivity contribution in [3.63, 3.8) is 0 Å². The van der Waals surface area contributed by atoms with Gasteiger partial charge in [0.05, 0.1) is 0 Å². The predicted octanol–water partition coefficient (Wildman–Crippen LogP) is 19.9. The Bertz CT molecular complexity index is 1740. The van der Waals surface area contributed by atoms with Crippen LogP contribution in [0, 0.1) is 0 Å². The molecule has 0 N–H and O–H groups in total. The highest BCUT2D eigenvalue weighted by Gasteiger charge is 2.19. The van der Waals surface area contributed by atoms with E-state index in [9.17, 15) is 14.4 Å². The Morgan fingerprint density at radius 3 is 0.878 bits per heavy atom. The van der Waals surface area contributed by atoms with Gasteiger partial charge in [0.2, 0.25) is 0 Å². The molecule has 412 valence electrons. The summed E-state index contributed by atoms with van der Waals surface area (Å²) in [5.41, 5.74) is 0. The summed E-state index contributed by atoms with van der Waals surface area (Å²) in [4.78, 5) is 38.2. The van der Waals surface area contributed by atoms with Crippen molar-refractivity contribution in [2.45, 2.75) is 226 Å². The lowest BCUT2D eigenvalue weighted by atomic mass is 10.1. The molecule has 0 amide bonds. The van der Waals surface area contributed by atoms with E-state index in [1.54, 1.807) is 0 Å². The molecular formula is C68H104O6. The van der Waals surface area contributed by atoms with Crippen molar-refractivity contribution in [1.82, 2.24) is 0 Å². The molecular weight excluding hydrogens is 913 g/mol. The lowest BCUT2D eigenvalue weighted by Gasteiger charge is -2.18. The van der Waals surface area contributed by atoms with Gasteiger partial charge < -0.3 is 14.2 Å². The maximum atomic E-state index is 12.8. The third-order valence-corrected chi connectivity index (χ3v) is 11.4. The van der Waals surface area contributed by atoms with Gasteiger partial charge in [0.15, 0.2) is 6.10 Å². The summed E-state index contributed by atoms with van der Waals surface area (Å²) in [6, 6.07) is 0. The molecule has 0 spiro atoms. The van der Waals surface area contributed by atoms with Crippen LogP contribution in [0.15, 0.2) is 170 Å². The standard InChI is InChI=1S/C68H104O6/c1-4-7-10-13-16-19-22-25-28-30-31-32-33-34-35-36-37-39-40-43-46-49-52-55-58-61-67(70)73-64-65(63-72-66(69)60-57-54-51-48-45-42-27-24-21-18-15-12-9-6-3)74-68(71)62-59-56-53-50-47-44-41-38-29-26-23-20-17-14-11-8-5-2/h7-8,10-11,15-20,24-29,31-32,34-35,37,39,41,43-44,46,50,53,65H,4-6,9,12-14,21-23,30,33,36,38,40,42,45,47-49,51-52,54-64H2,1-3H3/b10-7-,11-8-,18-15-,19-16-,20-17-,27-24-,28-25-,29-26-,32-31-,35-34-,39-37-,44-41-,46-43-,53-50-. The van der Waals surface area contributed by atoms with Crippen molar-refractivity contribution in [2.24, 2.45) is 0 Å². The molecule has 0 aliphatic carbocycles. The van der Waals surface area contributed by atoms with Crippen molar-refractivity contribution in [3.05, 3.63) is 170 Å². The lowest BCUT2D eigenvalue weighted by molar-refractivity contribution is -0.167. The van der Waals surface area contributed by atoms with Crippen LogP contribution in [0.5, 0.6) is 0 Å². The third kappa shape index (κ3) is 57.7. The van der Waals surface area contributed by atoms with Crippen LogP contribution in [-0.4, -0.2) is 37.2 Å². The summed E-state index contributed by atoms with van der Waals surface area (Å²) in [5, 5.41) is 0. The quantitative estimate of drug-likeness (QED) is 0.0261. The Hall–Kier alpha value is -5.23. The smallest absolute Gasteiger partial charge is 0.306 e.